The molecule has 0 spiro atoms. The van der Waals surface area contributed by atoms with Crippen LogP contribution in [0.5, 0.6) is 0 Å². The maximum atomic E-state index is 5.52. The zero-order chi connectivity index (χ0) is 12.4. The van der Waals surface area contributed by atoms with Crippen molar-refractivity contribution in [1.29, 1.82) is 0 Å². The summed E-state index contributed by atoms with van der Waals surface area (Å²) < 4.78 is 7.46. The molecule has 0 aliphatic carbocycles. The van der Waals surface area contributed by atoms with Gasteiger partial charge in [0.1, 0.15) is 5.69 Å². The summed E-state index contributed by atoms with van der Waals surface area (Å²) in [6.07, 6.45) is 4.12. The summed E-state index contributed by atoms with van der Waals surface area (Å²) in [5.41, 5.74) is 2.02. The van der Waals surface area contributed by atoms with Crippen molar-refractivity contribution in [2.24, 2.45) is 0 Å². The first-order valence-electron chi connectivity index (χ1n) is 5.96. The number of hydrogen-bond donors (Lipinski definition) is 0. The standard InChI is InChI=1S/C13H15N3OS/c1-18-13-9-17-8-12(13)16-7-11(14-15-16)10-5-3-2-4-6-10/h2-7,12-13H,8-9H2,1H3/t12?,13-/m1/s1. The van der Waals surface area contributed by atoms with Crippen LogP contribution >= 0.6 is 11.8 Å². The second kappa shape index (κ2) is 5.12. The average molecular weight is 261 g/mol. The summed E-state index contributed by atoms with van der Waals surface area (Å²) in [7, 11) is 0. The molecule has 1 aliphatic heterocycles. The number of benzene rings is 1. The maximum Gasteiger partial charge on any atom is 0.113 e. The molecule has 1 aromatic carbocycles. The van der Waals surface area contributed by atoms with Crippen molar-refractivity contribution >= 4 is 11.8 Å². The fraction of sp³-hybridized carbons (Fsp3) is 0.385. The largest absolute Gasteiger partial charge is 0.378 e. The van der Waals surface area contributed by atoms with Crippen LogP contribution in [0.15, 0.2) is 36.5 Å². The Morgan fingerprint density at radius 2 is 2.11 bits per heavy atom. The number of ether oxygens (including phenoxy) is 1. The SMILES string of the molecule is CS[C@@H]1COCC1n1cc(-c2ccccc2)nn1. The molecule has 94 valence electrons. The van der Waals surface area contributed by atoms with Crippen LogP contribution in [0.3, 0.4) is 0 Å². The van der Waals surface area contributed by atoms with Crippen LogP contribution in [0.1, 0.15) is 6.04 Å². The molecule has 0 bridgehead atoms. The van der Waals surface area contributed by atoms with Gasteiger partial charge in [-0.05, 0) is 6.26 Å². The number of aromatic nitrogens is 3. The topological polar surface area (TPSA) is 39.9 Å². The molecule has 0 amide bonds. The Labute approximate surface area is 110 Å². The Morgan fingerprint density at radius 1 is 1.28 bits per heavy atom. The molecule has 1 aliphatic rings. The smallest absolute Gasteiger partial charge is 0.113 e. The predicted octanol–water partition coefficient (Wildman–Crippen LogP) is 2.25. The highest BCUT2D eigenvalue weighted by molar-refractivity contribution is 7.99. The van der Waals surface area contributed by atoms with E-state index in [4.69, 9.17) is 4.74 Å². The van der Waals surface area contributed by atoms with E-state index in [0.29, 0.717) is 11.3 Å². The number of rotatable bonds is 3. The van der Waals surface area contributed by atoms with Crippen LogP contribution in [0.2, 0.25) is 0 Å². The van der Waals surface area contributed by atoms with E-state index in [1.165, 1.54) is 0 Å². The molecule has 1 fully saturated rings. The van der Waals surface area contributed by atoms with Gasteiger partial charge in [-0.2, -0.15) is 11.8 Å². The summed E-state index contributed by atoms with van der Waals surface area (Å²) in [5.74, 6) is 0. The molecule has 2 heterocycles. The summed E-state index contributed by atoms with van der Waals surface area (Å²) in [6.45, 7) is 1.52. The summed E-state index contributed by atoms with van der Waals surface area (Å²) in [4.78, 5) is 0. The predicted molar refractivity (Wildman–Crippen MR) is 72.6 cm³/mol. The molecule has 1 unspecified atom stereocenters. The monoisotopic (exact) mass is 261 g/mol. The first-order chi connectivity index (χ1) is 8.88. The van der Waals surface area contributed by atoms with Crippen molar-refractivity contribution in [3.8, 4) is 11.3 Å². The van der Waals surface area contributed by atoms with Gasteiger partial charge in [-0.3, -0.25) is 0 Å². The van der Waals surface area contributed by atoms with Crippen molar-refractivity contribution in [3.05, 3.63) is 36.5 Å². The first kappa shape index (κ1) is 11.7. The lowest BCUT2D eigenvalue weighted by atomic mass is 10.2. The molecule has 0 radical (unpaired) electrons. The molecule has 2 atom stereocenters. The van der Waals surface area contributed by atoms with Crippen LogP contribution < -0.4 is 0 Å². The fourth-order valence-corrected chi connectivity index (χ4v) is 2.92. The van der Waals surface area contributed by atoms with Gasteiger partial charge in [0.05, 0.1) is 30.7 Å². The lowest BCUT2D eigenvalue weighted by Crippen LogP contribution is -2.20. The van der Waals surface area contributed by atoms with Gasteiger partial charge in [-0.15, -0.1) is 5.10 Å². The van der Waals surface area contributed by atoms with Crippen molar-refractivity contribution in [1.82, 2.24) is 15.0 Å². The lowest BCUT2D eigenvalue weighted by Gasteiger charge is -2.14. The Kier molecular flexibility index (Phi) is 3.34. The minimum atomic E-state index is 0.296. The van der Waals surface area contributed by atoms with Gasteiger partial charge >= 0.3 is 0 Å². The van der Waals surface area contributed by atoms with E-state index in [0.717, 1.165) is 24.5 Å². The number of nitrogens with zero attached hydrogens (tertiary/aromatic N) is 3. The van der Waals surface area contributed by atoms with E-state index in [1.807, 2.05) is 53.0 Å². The summed E-state index contributed by atoms with van der Waals surface area (Å²) in [6, 6.07) is 10.4. The van der Waals surface area contributed by atoms with Gasteiger partial charge in [0, 0.05) is 5.56 Å². The molecule has 3 rings (SSSR count). The molecule has 5 heteroatoms. The summed E-state index contributed by atoms with van der Waals surface area (Å²) >= 11 is 1.83. The summed E-state index contributed by atoms with van der Waals surface area (Å²) in [5, 5.41) is 8.96. The third-order valence-corrected chi connectivity index (χ3v) is 4.28. The van der Waals surface area contributed by atoms with Gasteiger partial charge in [-0.1, -0.05) is 35.5 Å². The van der Waals surface area contributed by atoms with Crippen LogP contribution in [0.25, 0.3) is 11.3 Å². The van der Waals surface area contributed by atoms with E-state index in [-0.39, 0.29) is 0 Å². The van der Waals surface area contributed by atoms with E-state index in [9.17, 15) is 0 Å². The highest BCUT2D eigenvalue weighted by Gasteiger charge is 2.30. The van der Waals surface area contributed by atoms with E-state index >= 15 is 0 Å². The number of thioether (sulfide) groups is 1. The van der Waals surface area contributed by atoms with Gasteiger partial charge in [0.15, 0.2) is 0 Å². The molecule has 1 aromatic heterocycles. The molecule has 0 N–H and O–H groups in total. The second-order valence-corrected chi connectivity index (χ2v) is 5.41. The highest BCUT2D eigenvalue weighted by atomic mass is 32.2. The third kappa shape index (κ3) is 2.15. The Morgan fingerprint density at radius 3 is 2.89 bits per heavy atom. The lowest BCUT2D eigenvalue weighted by molar-refractivity contribution is 0.184. The van der Waals surface area contributed by atoms with Gasteiger partial charge in [0.2, 0.25) is 0 Å². The van der Waals surface area contributed by atoms with Crippen LogP contribution in [-0.2, 0) is 4.74 Å². The van der Waals surface area contributed by atoms with Crippen LogP contribution in [0.4, 0.5) is 0 Å². The highest BCUT2D eigenvalue weighted by Crippen LogP contribution is 2.28. The van der Waals surface area contributed by atoms with Crippen LogP contribution in [-0.4, -0.2) is 39.7 Å². The van der Waals surface area contributed by atoms with Gasteiger partial charge in [-0.25, -0.2) is 4.68 Å². The molecule has 0 saturated carbocycles. The quantitative estimate of drug-likeness (QED) is 0.849. The fourth-order valence-electron chi connectivity index (χ4n) is 2.18. The van der Waals surface area contributed by atoms with Gasteiger partial charge < -0.3 is 4.74 Å². The minimum Gasteiger partial charge on any atom is -0.378 e. The average Bonchev–Trinajstić information content (AvgIpc) is 3.08. The van der Waals surface area contributed by atoms with Crippen molar-refractivity contribution in [3.63, 3.8) is 0 Å². The zero-order valence-electron chi connectivity index (χ0n) is 10.2. The Bertz CT molecular complexity index is 514. The van der Waals surface area contributed by atoms with Gasteiger partial charge in [0.25, 0.3) is 0 Å². The molecule has 2 aromatic rings. The third-order valence-electron chi connectivity index (χ3n) is 3.22. The first-order valence-corrected chi connectivity index (χ1v) is 7.25. The van der Waals surface area contributed by atoms with E-state index in [2.05, 4.69) is 16.6 Å². The molecule has 4 nitrogen and oxygen atoms in total. The molecular formula is C13H15N3OS. The minimum absolute atomic E-state index is 0.296. The zero-order valence-corrected chi connectivity index (χ0v) is 11.0. The normalized spacial score (nSPS) is 23.4. The Hall–Kier alpha value is -1.33. The van der Waals surface area contributed by atoms with Crippen molar-refractivity contribution < 1.29 is 4.74 Å². The van der Waals surface area contributed by atoms with Crippen LogP contribution in [0, 0.1) is 0 Å². The molecule has 18 heavy (non-hydrogen) atoms. The van der Waals surface area contributed by atoms with E-state index in [1.54, 1.807) is 0 Å². The molecule has 1 saturated heterocycles. The van der Waals surface area contributed by atoms with Crippen molar-refractivity contribution in [2.45, 2.75) is 11.3 Å². The maximum absolute atomic E-state index is 5.52. The molecular weight excluding hydrogens is 246 g/mol. The Balaban J connectivity index is 1.86. The van der Waals surface area contributed by atoms with Crippen molar-refractivity contribution in [2.75, 3.05) is 19.5 Å². The second-order valence-electron chi connectivity index (χ2n) is 4.33. The number of hydrogen-bond acceptors (Lipinski definition) is 4. The van der Waals surface area contributed by atoms with E-state index < -0.39 is 0 Å².